The maximum atomic E-state index is 12.8. The first-order valence-electron chi connectivity index (χ1n) is 5.98. The van der Waals surface area contributed by atoms with E-state index in [1.165, 1.54) is 30.5 Å². The molecule has 2 rings (SSSR count). The van der Waals surface area contributed by atoms with Crippen molar-refractivity contribution in [2.45, 2.75) is 12.3 Å². The Morgan fingerprint density at radius 1 is 1.32 bits per heavy atom. The zero-order valence-electron chi connectivity index (χ0n) is 10.9. The molecule has 1 aromatic heterocycles. The van der Waals surface area contributed by atoms with Crippen LogP contribution in [0.25, 0.3) is 5.69 Å². The number of aliphatic hydroxyl groups excluding tert-OH is 1. The van der Waals surface area contributed by atoms with Crippen molar-refractivity contribution in [2.75, 3.05) is 6.54 Å². The molecule has 0 aliphatic rings. The molecule has 0 aliphatic heterocycles. The van der Waals surface area contributed by atoms with E-state index in [2.05, 4.69) is 10.3 Å². The van der Waals surface area contributed by atoms with E-state index in [1.807, 2.05) is 5.32 Å². The average Bonchev–Trinajstić information content (AvgIpc) is 2.94. The fourth-order valence-corrected chi connectivity index (χ4v) is 1.48. The highest BCUT2D eigenvalue weighted by molar-refractivity contribution is 5.91. The number of carbonyl (C=O) groups is 1. The molecule has 0 saturated heterocycles. The number of alkyl halides is 3. The number of hydrogen-bond acceptors (Lipinski definition) is 4. The van der Waals surface area contributed by atoms with Gasteiger partial charge >= 0.3 is 6.18 Å². The van der Waals surface area contributed by atoms with Gasteiger partial charge in [0.1, 0.15) is 5.82 Å². The molecule has 0 saturated carbocycles. The first-order chi connectivity index (χ1) is 10.3. The van der Waals surface area contributed by atoms with E-state index in [0.29, 0.717) is 5.69 Å². The van der Waals surface area contributed by atoms with E-state index >= 15 is 0 Å². The lowest BCUT2D eigenvalue weighted by molar-refractivity contribution is -0.201. The highest BCUT2D eigenvalue weighted by atomic mass is 19.4. The van der Waals surface area contributed by atoms with Gasteiger partial charge in [-0.3, -0.25) is 4.79 Å². The zero-order valence-corrected chi connectivity index (χ0v) is 10.9. The second-order valence-corrected chi connectivity index (χ2v) is 4.29. The Balaban J connectivity index is 2.02. The molecular formula is C12H10F4N4O2. The first-order valence-corrected chi connectivity index (χ1v) is 5.98. The van der Waals surface area contributed by atoms with Gasteiger partial charge in [-0.1, -0.05) is 5.21 Å². The lowest BCUT2D eigenvalue weighted by Gasteiger charge is -2.14. The number of rotatable bonds is 4. The van der Waals surface area contributed by atoms with E-state index in [0.717, 1.165) is 4.68 Å². The molecule has 1 atom stereocenters. The minimum Gasteiger partial charge on any atom is -0.382 e. The van der Waals surface area contributed by atoms with E-state index in [4.69, 9.17) is 5.11 Å². The van der Waals surface area contributed by atoms with Gasteiger partial charge in [-0.15, -0.1) is 5.10 Å². The third kappa shape index (κ3) is 3.79. The van der Waals surface area contributed by atoms with Crippen LogP contribution in [0.3, 0.4) is 0 Å². The van der Waals surface area contributed by atoms with Crippen molar-refractivity contribution in [3.05, 3.63) is 42.0 Å². The van der Waals surface area contributed by atoms with Crippen LogP contribution in [0.1, 0.15) is 10.5 Å². The van der Waals surface area contributed by atoms with E-state index in [-0.39, 0.29) is 5.69 Å². The van der Waals surface area contributed by atoms with E-state index < -0.39 is 30.5 Å². The Morgan fingerprint density at radius 2 is 1.95 bits per heavy atom. The maximum absolute atomic E-state index is 12.8. The normalized spacial score (nSPS) is 13.0. The number of hydrogen-bond donors (Lipinski definition) is 2. The van der Waals surface area contributed by atoms with Gasteiger partial charge < -0.3 is 10.4 Å². The van der Waals surface area contributed by atoms with Gasteiger partial charge in [0, 0.05) is 0 Å². The van der Waals surface area contributed by atoms with Gasteiger partial charge in [0.05, 0.1) is 18.4 Å². The Kier molecular flexibility index (Phi) is 4.40. The zero-order chi connectivity index (χ0) is 16.3. The number of aromatic nitrogens is 3. The van der Waals surface area contributed by atoms with Gasteiger partial charge in [-0.05, 0) is 24.3 Å². The summed E-state index contributed by atoms with van der Waals surface area (Å²) in [7, 11) is 0. The Labute approximate surface area is 121 Å². The third-order valence-corrected chi connectivity index (χ3v) is 2.65. The van der Waals surface area contributed by atoms with Crippen LogP contribution in [0.15, 0.2) is 30.5 Å². The summed E-state index contributed by atoms with van der Waals surface area (Å²) in [4.78, 5) is 11.6. The molecular weight excluding hydrogens is 308 g/mol. The molecule has 0 radical (unpaired) electrons. The SMILES string of the molecule is O=C(NC[C@@H](O)C(F)(F)F)c1cn(-c2ccc(F)cc2)nn1. The van der Waals surface area contributed by atoms with Gasteiger partial charge in [0.15, 0.2) is 11.8 Å². The van der Waals surface area contributed by atoms with E-state index in [1.54, 1.807) is 0 Å². The van der Waals surface area contributed by atoms with Crippen molar-refractivity contribution in [1.82, 2.24) is 20.3 Å². The number of nitrogens with zero attached hydrogens (tertiary/aromatic N) is 3. The number of benzene rings is 1. The summed E-state index contributed by atoms with van der Waals surface area (Å²) in [6.07, 6.45) is -6.31. The molecule has 118 valence electrons. The monoisotopic (exact) mass is 318 g/mol. The van der Waals surface area contributed by atoms with Gasteiger partial charge in [0.2, 0.25) is 0 Å². The highest BCUT2D eigenvalue weighted by Gasteiger charge is 2.38. The largest absolute Gasteiger partial charge is 0.416 e. The lowest BCUT2D eigenvalue weighted by Crippen LogP contribution is -2.40. The van der Waals surface area contributed by atoms with Crippen LogP contribution in [0.2, 0.25) is 0 Å². The minimum atomic E-state index is -4.82. The predicted octanol–water partition coefficient (Wildman–Crippen LogP) is 1.06. The second kappa shape index (κ2) is 6.10. The summed E-state index contributed by atoms with van der Waals surface area (Å²) in [5.41, 5.74) is 0.182. The van der Waals surface area contributed by atoms with Crippen LogP contribution >= 0.6 is 0 Å². The molecule has 0 aliphatic carbocycles. The summed E-state index contributed by atoms with van der Waals surface area (Å²) in [6, 6.07) is 5.13. The van der Waals surface area contributed by atoms with Crippen molar-refractivity contribution in [3.8, 4) is 5.69 Å². The van der Waals surface area contributed by atoms with Crippen LogP contribution in [-0.4, -0.2) is 44.8 Å². The second-order valence-electron chi connectivity index (χ2n) is 4.29. The van der Waals surface area contributed by atoms with Crippen LogP contribution < -0.4 is 5.32 Å². The van der Waals surface area contributed by atoms with Gasteiger partial charge in [-0.2, -0.15) is 13.2 Å². The van der Waals surface area contributed by atoms with Crippen molar-refractivity contribution >= 4 is 5.91 Å². The Hall–Kier alpha value is -2.49. The maximum Gasteiger partial charge on any atom is 0.416 e. The van der Waals surface area contributed by atoms with Crippen LogP contribution in [-0.2, 0) is 0 Å². The molecule has 0 unspecified atom stereocenters. The summed E-state index contributed by atoms with van der Waals surface area (Å²) in [5, 5.41) is 17.8. The van der Waals surface area contributed by atoms with Crippen LogP contribution in [0.4, 0.5) is 17.6 Å². The van der Waals surface area contributed by atoms with E-state index in [9.17, 15) is 22.4 Å². The van der Waals surface area contributed by atoms with Gasteiger partial charge in [0.25, 0.3) is 5.91 Å². The molecule has 22 heavy (non-hydrogen) atoms. The number of halogens is 4. The third-order valence-electron chi connectivity index (χ3n) is 2.65. The van der Waals surface area contributed by atoms with Crippen molar-refractivity contribution in [2.24, 2.45) is 0 Å². The average molecular weight is 318 g/mol. The van der Waals surface area contributed by atoms with Crippen LogP contribution in [0.5, 0.6) is 0 Å². The fourth-order valence-electron chi connectivity index (χ4n) is 1.48. The highest BCUT2D eigenvalue weighted by Crippen LogP contribution is 2.19. The Bertz CT molecular complexity index is 654. The number of nitrogens with one attached hydrogen (secondary N) is 1. The fraction of sp³-hybridized carbons (Fsp3) is 0.250. The smallest absolute Gasteiger partial charge is 0.382 e. The van der Waals surface area contributed by atoms with Crippen molar-refractivity contribution < 1.29 is 27.5 Å². The topological polar surface area (TPSA) is 80.0 Å². The van der Waals surface area contributed by atoms with Crippen LogP contribution in [0, 0.1) is 5.82 Å². The van der Waals surface area contributed by atoms with Crippen molar-refractivity contribution in [1.29, 1.82) is 0 Å². The van der Waals surface area contributed by atoms with Gasteiger partial charge in [-0.25, -0.2) is 9.07 Å². The molecule has 1 amide bonds. The van der Waals surface area contributed by atoms with Crippen molar-refractivity contribution in [3.63, 3.8) is 0 Å². The molecule has 6 nitrogen and oxygen atoms in total. The lowest BCUT2D eigenvalue weighted by atomic mass is 10.3. The molecule has 0 spiro atoms. The summed E-state index contributed by atoms with van der Waals surface area (Å²) >= 11 is 0. The molecule has 10 heteroatoms. The summed E-state index contributed by atoms with van der Waals surface area (Å²) in [5.74, 6) is -1.38. The molecule has 0 bridgehead atoms. The Morgan fingerprint density at radius 3 is 2.55 bits per heavy atom. The summed E-state index contributed by atoms with van der Waals surface area (Å²) < 4.78 is 50.2. The first kappa shape index (κ1) is 15.9. The standard InChI is InChI=1S/C12H10F4N4O2/c13-7-1-3-8(4-2-7)20-6-9(18-19-20)11(22)17-5-10(21)12(14,15)16/h1-4,6,10,21H,5H2,(H,17,22)/t10-/m1/s1. The number of aliphatic hydroxyl groups is 1. The molecule has 2 aromatic rings. The number of amides is 1. The summed E-state index contributed by atoms with van der Waals surface area (Å²) in [6.45, 7) is -0.994. The molecule has 0 fully saturated rings. The molecule has 2 N–H and O–H groups in total. The molecule has 1 aromatic carbocycles. The number of carbonyl (C=O) groups excluding carboxylic acids is 1. The quantitative estimate of drug-likeness (QED) is 0.826. The molecule has 1 heterocycles. The minimum absolute atomic E-state index is 0.237. The predicted molar refractivity (Wildman–Crippen MR) is 65.7 cm³/mol.